The molecule has 6 nitrogen and oxygen atoms in total. The Balaban J connectivity index is 1.63. The molecule has 1 unspecified atom stereocenters. The number of nitrogens with one attached hydrogen (secondary N) is 1. The van der Waals surface area contributed by atoms with Crippen LogP contribution in [-0.2, 0) is 4.74 Å². The summed E-state index contributed by atoms with van der Waals surface area (Å²) in [6.07, 6.45) is 1.71. The molecule has 1 aromatic heterocycles. The van der Waals surface area contributed by atoms with Gasteiger partial charge in [0.25, 0.3) is 0 Å². The van der Waals surface area contributed by atoms with Crippen molar-refractivity contribution in [2.45, 2.75) is 43.9 Å². The average molecular weight is 355 g/mol. The molecule has 0 radical (unpaired) electrons. The standard InChI is InChI=1S/C17H27F2N5O/c1-11(12-7-17(18,19)8-12)21-13-9-24(10-14(13)25-4)15-5-6-20-16(22-15)23(2)3/h5-6,11-14,21H,7-10H2,1-4H3/t11?,13-,14+/m0/s1. The average Bonchev–Trinajstić information content (AvgIpc) is 2.95. The zero-order valence-corrected chi connectivity index (χ0v) is 15.2. The third kappa shape index (κ3) is 4.00. The van der Waals surface area contributed by atoms with Crippen molar-refractivity contribution in [3.8, 4) is 0 Å². The second-order valence-corrected chi connectivity index (χ2v) is 7.37. The number of rotatable bonds is 6. The smallest absolute Gasteiger partial charge is 0.248 e. The Morgan fingerprint density at radius 3 is 2.68 bits per heavy atom. The molecule has 0 aromatic carbocycles. The minimum Gasteiger partial charge on any atom is -0.378 e. The third-order valence-corrected chi connectivity index (χ3v) is 5.23. The van der Waals surface area contributed by atoms with E-state index < -0.39 is 5.92 Å². The number of aromatic nitrogens is 2. The summed E-state index contributed by atoms with van der Waals surface area (Å²) in [6.45, 7) is 3.44. The molecule has 1 saturated carbocycles. The highest BCUT2D eigenvalue weighted by atomic mass is 19.3. The van der Waals surface area contributed by atoms with Crippen LogP contribution in [-0.4, -0.2) is 68.4 Å². The fraction of sp³-hybridized carbons (Fsp3) is 0.765. The fourth-order valence-corrected chi connectivity index (χ4v) is 3.63. The Morgan fingerprint density at radius 1 is 1.36 bits per heavy atom. The molecular weight excluding hydrogens is 328 g/mol. The quantitative estimate of drug-likeness (QED) is 0.839. The fourth-order valence-electron chi connectivity index (χ4n) is 3.63. The number of anilines is 2. The predicted octanol–water partition coefficient (Wildman–Crippen LogP) is 1.77. The number of halogens is 2. The normalized spacial score (nSPS) is 27.2. The lowest BCUT2D eigenvalue weighted by Crippen LogP contribution is -2.52. The first-order valence-electron chi connectivity index (χ1n) is 8.71. The molecule has 0 amide bonds. The zero-order valence-electron chi connectivity index (χ0n) is 15.2. The van der Waals surface area contributed by atoms with Crippen molar-refractivity contribution < 1.29 is 13.5 Å². The molecular formula is C17H27F2N5O. The van der Waals surface area contributed by atoms with Crippen LogP contribution in [0.2, 0.25) is 0 Å². The SMILES string of the molecule is CO[C@@H]1CN(c2ccnc(N(C)C)n2)C[C@@H]1NC(C)C1CC(F)(F)C1. The van der Waals surface area contributed by atoms with E-state index in [-0.39, 0.29) is 36.9 Å². The van der Waals surface area contributed by atoms with Crippen molar-refractivity contribution in [1.29, 1.82) is 0 Å². The maximum atomic E-state index is 13.1. The number of methoxy groups -OCH3 is 1. The lowest BCUT2D eigenvalue weighted by Gasteiger charge is -2.40. The van der Waals surface area contributed by atoms with Crippen LogP contribution < -0.4 is 15.1 Å². The van der Waals surface area contributed by atoms with E-state index in [1.54, 1.807) is 13.3 Å². The van der Waals surface area contributed by atoms with Crippen LogP contribution in [0.1, 0.15) is 19.8 Å². The molecule has 1 aliphatic carbocycles. The molecule has 140 valence electrons. The Labute approximate surface area is 147 Å². The van der Waals surface area contributed by atoms with E-state index in [1.165, 1.54) is 0 Å². The highest BCUT2D eigenvalue weighted by Gasteiger charge is 2.48. The van der Waals surface area contributed by atoms with Crippen LogP contribution in [0.15, 0.2) is 12.3 Å². The lowest BCUT2D eigenvalue weighted by molar-refractivity contribution is -0.119. The summed E-state index contributed by atoms with van der Waals surface area (Å²) in [6, 6.07) is 2.02. The Morgan fingerprint density at radius 2 is 2.08 bits per heavy atom. The van der Waals surface area contributed by atoms with Crippen molar-refractivity contribution in [3.05, 3.63) is 12.3 Å². The Bertz CT molecular complexity index is 592. The van der Waals surface area contributed by atoms with E-state index >= 15 is 0 Å². The molecule has 25 heavy (non-hydrogen) atoms. The number of hydrogen-bond acceptors (Lipinski definition) is 6. The molecule has 2 aliphatic rings. The van der Waals surface area contributed by atoms with Gasteiger partial charge in [-0.25, -0.2) is 13.8 Å². The zero-order chi connectivity index (χ0) is 18.2. The largest absolute Gasteiger partial charge is 0.378 e. The second-order valence-electron chi connectivity index (χ2n) is 7.37. The van der Waals surface area contributed by atoms with Gasteiger partial charge in [-0.2, -0.15) is 4.98 Å². The van der Waals surface area contributed by atoms with E-state index in [9.17, 15) is 8.78 Å². The topological polar surface area (TPSA) is 53.5 Å². The van der Waals surface area contributed by atoms with Gasteiger partial charge in [0.2, 0.25) is 11.9 Å². The van der Waals surface area contributed by atoms with Crippen molar-refractivity contribution in [2.24, 2.45) is 5.92 Å². The Hall–Kier alpha value is -1.54. The first kappa shape index (κ1) is 18.3. The summed E-state index contributed by atoms with van der Waals surface area (Å²) in [5.74, 6) is -0.936. The van der Waals surface area contributed by atoms with E-state index in [1.807, 2.05) is 32.0 Å². The summed E-state index contributed by atoms with van der Waals surface area (Å²) < 4.78 is 31.8. The molecule has 1 aromatic rings. The summed E-state index contributed by atoms with van der Waals surface area (Å²) in [5.41, 5.74) is 0. The summed E-state index contributed by atoms with van der Waals surface area (Å²) in [4.78, 5) is 12.8. The van der Waals surface area contributed by atoms with Gasteiger partial charge < -0.3 is 19.9 Å². The maximum Gasteiger partial charge on any atom is 0.248 e. The van der Waals surface area contributed by atoms with Gasteiger partial charge >= 0.3 is 0 Å². The molecule has 2 fully saturated rings. The molecule has 1 saturated heterocycles. The van der Waals surface area contributed by atoms with Gasteiger partial charge in [-0.3, -0.25) is 0 Å². The first-order valence-corrected chi connectivity index (χ1v) is 8.71. The van der Waals surface area contributed by atoms with Crippen LogP contribution >= 0.6 is 0 Å². The minimum absolute atomic E-state index is 0.000748. The van der Waals surface area contributed by atoms with E-state index in [0.717, 1.165) is 12.4 Å². The van der Waals surface area contributed by atoms with Gasteiger partial charge in [0.05, 0.1) is 12.1 Å². The lowest BCUT2D eigenvalue weighted by atomic mass is 9.76. The maximum absolute atomic E-state index is 13.1. The molecule has 1 aliphatic heterocycles. The molecule has 8 heteroatoms. The van der Waals surface area contributed by atoms with E-state index in [2.05, 4.69) is 20.2 Å². The summed E-state index contributed by atoms with van der Waals surface area (Å²) in [5, 5.41) is 3.50. The predicted molar refractivity (Wildman–Crippen MR) is 93.4 cm³/mol. The van der Waals surface area contributed by atoms with Crippen molar-refractivity contribution in [3.63, 3.8) is 0 Å². The van der Waals surface area contributed by atoms with Crippen molar-refractivity contribution >= 4 is 11.8 Å². The van der Waals surface area contributed by atoms with Crippen LogP contribution in [0.5, 0.6) is 0 Å². The Kier molecular flexibility index (Phi) is 5.11. The number of nitrogens with zero attached hydrogens (tertiary/aromatic N) is 4. The number of ether oxygens (including phenoxy) is 1. The second kappa shape index (κ2) is 6.99. The van der Waals surface area contributed by atoms with Gasteiger partial charge in [0.15, 0.2) is 0 Å². The van der Waals surface area contributed by atoms with Gasteiger partial charge in [0, 0.05) is 59.4 Å². The molecule has 0 bridgehead atoms. The van der Waals surface area contributed by atoms with Crippen LogP contribution in [0.25, 0.3) is 0 Å². The summed E-state index contributed by atoms with van der Waals surface area (Å²) in [7, 11) is 5.50. The van der Waals surface area contributed by atoms with Crippen LogP contribution in [0.3, 0.4) is 0 Å². The van der Waals surface area contributed by atoms with E-state index in [4.69, 9.17) is 4.74 Å². The van der Waals surface area contributed by atoms with Crippen LogP contribution in [0.4, 0.5) is 20.5 Å². The monoisotopic (exact) mass is 355 g/mol. The highest BCUT2D eigenvalue weighted by Crippen LogP contribution is 2.44. The number of alkyl halides is 2. The van der Waals surface area contributed by atoms with Gasteiger partial charge in [-0.1, -0.05) is 0 Å². The van der Waals surface area contributed by atoms with Crippen LogP contribution in [0, 0.1) is 5.92 Å². The molecule has 3 atom stereocenters. The van der Waals surface area contributed by atoms with Crippen molar-refractivity contribution in [2.75, 3.05) is 44.1 Å². The molecule has 0 spiro atoms. The van der Waals surface area contributed by atoms with E-state index in [0.29, 0.717) is 12.5 Å². The minimum atomic E-state index is -2.48. The number of hydrogen-bond donors (Lipinski definition) is 1. The van der Waals surface area contributed by atoms with Crippen molar-refractivity contribution in [1.82, 2.24) is 15.3 Å². The molecule has 3 rings (SSSR count). The molecule has 1 N–H and O–H groups in total. The van der Waals surface area contributed by atoms with Gasteiger partial charge in [-0.15, -0.1) is 0 Å². The highest BCUT2D eigenvalue weighted by molar-refractivity contribution is 5.45. The first-order chi connectivity index (χ1) is 11.8. The van der Waals surface area contributed by atoms with Gasteiger partial charge in [0.1, 0.15) is 5.82 Å². The summed E-state index contributed by atoms with van der Waals surface area (Å²) >= 11 is 0. The third-order valence-electron chi connectivity index (χ3n) is 5.23. The van der Waals surface area contributed by atoms with Gasteiger partial charge in [-0.05, 0) is 18.9 Å². The molecule has 2 heterocycles.